The van der Waals surface area contributed by atoms with Crippen molar-refractivity contribution in [1.29, 1.82) is 0 Å². The van der Waals surface area contributed by atoms with Crippen molar-refractivity contribution in [2.24, 2.45) is 0 Å². The van der Waals surface area contributed by atoms with Gasteiger partial charge in [-0.3, -0.25) is 0 Å². The Bertz CT molecular complexity index is 3570. The molecule has 0 unspecified atom stereocenters. The second-order valence-electron chi connectivity index (χ2n) is 16.3. The molecular weight excluding hydrogens is 775 g/mol. The highest BCUT2D eigenvalue weighted by atomic mass is 14.9. The molecule has 3 heteroatoms. The van der Waals surface area contributed by atoms with E-state index in [1.807, 2.05) is 12.1 Å². The first-order valence-electron chi connectivity index (χ1n) is 21.8. The minimum absolute atomic E-state index is 0.685. The van der Waals surface area contributed by atoms with Gasteiger partial charge in [0, 0.05) is 38.4 Å². The first-order chi connectivity index (χ1) is 31.7. The summed E-state index contributed by atoms with van der Waals surface area (Å²) in [5, 5.41) is 8.55. The van der Waals surface area contributed by atoms with Crippen LogP contribution in [0.25, 0.3) is 122 Å². The maximum absolute atomic E-state index is 5.38. The number of hydrogen-bond donors (Lipinski definition) is 0. The van der Waals surface area contributed by atoms with Crippen LogP contribution in [0.2, 0.25) is 0 Å². The van der Waals surface area contributed by atoms with E-state index in [2.05, 4.69) is 224 Å². The Morgan fingerprint density at radius 1 is 0.219 bits per heavy atom. The number of fused-ring (bicyclic) bond motifs is 8. The van der Waals surface area contributed by atoms with Gasteiger partial charge in [0.2, 0.25) is 0 Å². The molecule has 2 aromatic heterocycles. The third kappa shape index (κ3) is 6.68. The standard InChI is InChI=1S/C61H39N3/c1-3-14-40(15-4-1)42-26-32-45(33-27-42)56-39-57(64-61(63-56)47-36-30-43(31-37-47)41-16-5-2-6-17-41)49-19-13-18-48(38-49)44-28-34-46(35-29-44)60-59-53-23-10-8-21-51(53)50-20-7-9-22-52(50)58(59)54-24-11-12-25-55(54)62-60/h1-39H. The molecule has 0 saturated carbocycles. The van der Waals surface area contributed by atoms with Gasteiger partial charge < -0.3 is 0 Å². The van der Waals surface area contributed by atoms with E-state index in [0.29, 0.717) is 5.82 Å². The van der Waals surface area contributed by atoms with Crippen molar-refractivity contribution >= 4 is 43.2 Å². The molecule has 64 heavy (non-hydrogen) atoms. The molecule has 0 saturated heterocycles. The van der Waals surface area contributed by atoms with Gasteiger partial charge in [-0.2, -0.15) is 0 Å². The fourth-order valence-corrected chi connectivity index (χ4v) is 9.29. The third-order valence-corrected chi connectivity index (χ3v) is 12.5. The second-order valence-corrected chi connectivity index (χ2v) is 16.3. The lowest BCUT2D eigenvalue weighted by Gasteiger charge is -2.16. The Morgan fingerprint density at radius 3 is 1.23 bits per heavy atom. The molecule has 0 atom stereocenters. The van der Waals surface area contributed by atoms with Crippen LogP contribution in [0.15, 0.2) is 237 Å². The normalized spacial score (nSPS) is 11.4. The molecule has 0 aliphatic rings. The molecule has 0 aliphatic heterocycles. The average molecular weight is 814 g/mol. The number of aromatic nitrogens is 3. The van der Waals surface area contributed by atoms with Gasteiger partial charge in [0.25, 0.3) is 0 Å². The molecule has 0 N–H and O–H groups in total. The number of nitrogens with zero attached hydrogens (tertiary/aromatic N) is 3. The summed E-state index contributed by atoms with van der Waals surface area (Å²) in [6.07, 6.45) is 0. The van der Waals surface area contributed by atoms with Crippen LogP contribution in [0.4, 0.5) is 0 Å². The van der Waals surface area contributed by atoms with E-state index in [9.17, 15) is 0 Å². The van der Waals surface area contributed by atoms with E-state index in [-0.39, 0.29) is 0 Å². The monoisotopic (exact) mass is 813 g/mol. The van der Waals surface area contributed by atoms with Crippen LogP contribution in [0.5, 0.6) is 0 Å². The zero-order valence-electron chi connectivity index (χ0n) is 34.9. The van der Waals surface area contributed by atoms with Gasteiger partial charge in [-0.15, -0.1) is 0 Å². The van der Waals surface area contributed by atoms with E-state index in [0.717, 1.165) is 61.5 Å². The highest BCUT2D eigenvalue weighted by Gasteiger charge is 2.18. The molecule has 12 rings (SSSR count). The zero-order chi connectivity index (χ0) is 42.4. The lowest BCUT2D eigenvalue weighted by Crippen LogP contribution is -1.96. The summed E-state index contributed by atoms with van der Waals surface area (Å²) in [4.78, 5) is 15.8. The van der Waals surface area contributed by atoms with Gasteiger partial charge in [0.15, 0.2) is 5.82 Å². The number of para-hydroxylation sites is 1. The number of rotatable bonds is 7. The Labute approximate surface area is 371 Å². The first kappa shape index (κ1) is 37.2. The first-order valence-corrected chi connectivity index (χ1v) is 21.8. The summed E-state index contributed by atoms with van der Waals surface area (Å²) in [7, 11) is 0. The molecule has 2 heterocycles. The van der Waals surface area contributed by atoms with E-state index in [4.69, 9.17) is 15.0 Å². The maximum atomic E-state index is 5.38. The fraction of sp³-hybridized carbons (Fsp3) is 0. The summed E-state index contributed by atoms with van der Waals surface area (Å²) >= 11 is 0. The zero-order valence-corrected chi connectivity index (χ0v) is 34.9. The smallest absolute Gasteiger partial charge is 0.160 e. The molecule has 0 spiro atoms. The molecule has 0 amide bonds. The third-order valence-electron chi connectivity index (χ3n) is 12.5. The van der Waals surface area contributed by atoms with Gasteiger partial charge >= 0.3 is 0 Å². The fourth-order valence-electron chi connectivity index (χ4n) is 9.29. The maximum Gasteiger partial charge on any atom is 0.160 e. The molecular formula is C61H39N3. The van der Waals surface area contributed by atoms with Crippen LogP contribution in [0, 0.1) is 0 Å². The summed E-state index contributed by atoms with van der Waals surface area (Å²) in [5.41, 5.74) is 14.7. The Morgan fingerprint density at radius 2 is 0.625 bits per heavy atom. The molecule has 0 fully saturated rings. The van der Waals surface area contributed by atoms with E-state index in [1.165, 1.54) is 54.4 Å². The van der Waals surface area contributed by atoms with E-state index in [1.54, 1.807) is 0 Å². The predicted octanol–water partition coefficient (Wildman–Crippen LogP) is 16.2. The molecule has 0 bridgehead atoms. The summed E-state index contributed by atoms with van der Waals surface area (Å²) in [5.74, 6) is 0.685. The minimum Gasteiger partial charge on any atom is -0.247 e. The summed E-state index contributed by atoms with van der Waals surface area (Å²) < 4.78 is 0. The van der Waals surface area contributed by atoms with Crippen LogP contribution in [-0.4, -0.2) is 15.0 Å². The van der Waals surface area contributed by atoms with Crippen LogP contribution in [0.1, 0.15) is 0 Å². The molecule has 298 valence electrons. The van der Waals surface area contributed by atoms with Crippen molar-refractivity contribution in [1.82, 2.24) is 15.0 Å². The Kier molecular flexibility index (Phi) is 9.16. The topological polar surface area (TPSA) is 38.7 Å². The molecule has 0 aliphatic carbocycles. The summed E-state index contributed by atoms with van der Waals surface area (Å²) in [6.45, 7) is 0. The van der Waals surface area contributed by atoms with Crippen LogP contribution in [-0.2, 0) is 0 Å². The van der Waals surface area contributed by atoms with E-state index >= 15 is 0 Å². The van der Waals surface area contributed by atoms with Gasteiger partial charge in [0.05, 0.1) is 22.6 Å². The SMILES string of the molecule is c1ccc(-c2ccc(-c3cc(-c4cccc(-c5ccc(-c6nc7ccccc7c7c8ccccc8c8ccccc8c67)cc5)c4)nc(-c4ccc(-c5ccccc5)cc4)n3)cc2)cc1. The number of hydrogen-bond acceptors (Lipinski definition) is 3. The van der Waals surface area contributed by atoms with Crippen molar-refractivity contribution in [3.63, 3.8) is 0 Å². The highest BCUT2D eigenvalue weighted by Crippen LogP contribution is 2.43. The Balaban J connectivity index is 0.948. The van der Waals surface area contributed by atoms with E-state index < -0.39 is 0 Å². The van der Waals surface area contributed by atoms with Gasteiger partial charge in [-0.1, -0.05) is 218 Å². The van der Waals surface area contributed by atoms with Crippen molar-refractivity contribution in [2.75, 3.05) is 0 Å². The average Bonchev–Trinajstić information content (AvgIpc) is 3.39. The lowest BCUT2D eigenvalue weighted by atomic mass is 9.89. The van der Waals surface area contributed by atoms with Crippen molar-refractivity contribution in [3.8, 4) is 78.5 Å². The van der Waals surface area contributed by atoms with Gasteiger partial charge in [0.1, 0.15) is 0 Å². The molecule has 0 radical (unpaired) electrons. The van der Waals surface area contributed by atoms with Gasteiger partial charge in [-0.25, -0.2) is 15.0 Å². The quantitative estimate of drug-likeness (QED) is 0.150. The molecule has 3 nitrogen and oxygen atoms in total. The van der Waals surface area contributed by atoms with Crippen molar-refractivity contribution in [2.45, 2.75) is 0 Å². The minimum atomic E-state index is 0.685. The van der Waals surface area contributed by atoms with Crippen LogP contribution < -0.4 is 0 Å². The number of pyridine rings is 1. The number of benzene rings is 10. The van der Waals surface area contributed by atoms with Crippen molar-refractivity contribution < 1.29 is 0 Å². The molecule has 12 aromatic rings. The second kappa shape index (κ2) is 15.7. The summed E-state index contributed by atoms with van der Waals surface area (Å²) in [6, 6.07) is 83.9. The van der Waals surface area contributed by atoms with Crippen LogP contribution >= 0.6 is 0 Å². The van der Waals surface area contributed by atoms with Crippen LogP contribution in [0.3, 0.4) is 0 Å². The predicted molar refractivity (Wildman–Crippen MR) is 268 cm³/mol. The molecule has 10 aromatic carbocycles. The van der Waals surface area contributed by atoms with Gasteiger partial charge in [-0.05, 0) is 73.1 Å². The highest BCUT2D eigenvalue weighted by molar-refractivity contribution is 6.33. The van der Waals surface area contributed by atoms with Crippen molar-refractivity contribution in [3.05, 3.63) is 237 Å². The largest absolute Gasteiger partial charge is 0.247 e. The lowest BCUT2D eigenvalue weighted by molar-refractivity contribution is 1.18. The Hall–Kier alpha value is -8.53.